The third-order valence-electron chi connectivity index (χ3n) is 3.22. The van der Waals surface area contributed by atoms with Crippen LogP contribution in [0.3, 0.4) is 0 Å². The molecule has 1 aliphatic heterocycles. The molecule has 2 aromatic rings. The van der Waals surface area contributed by atoms with Crippen LogP contribution in [-0.4, -0.2) is 35.7 Å². The normalized spacial score (nSPS) is 18.7. The van der Waals surface area contributed by atoms with E-state index in [-0.39, 0.29) is 0 Å². The lowest BCUT2D eigenvalue weighted by atomic mass is 10.2. The maximum absolute atomic E-state index is 5.60. The molecular weight excluding hydrogens is 240 g/mol. The third kappa shape index (κ3) is 2.61. The molecule has 1 aromatic carbocycles. The standard InChI is InChI=1S/C14H18N4O/c1-2-19-14-13(16-10-7-8-15-9-10)17-11-5-3-4-6-12(11)18-14/h3-6,10,15H,2,7-9H2,1H3,(H,16,17). The topological polar surface area (TPSA) is 59.1 Å². The van der Waals surface area contributed by atoms with E-state index in [1.807, 2.05) is 31.2 Å². The molecule has 1 fully saturated rings. The second-order valence-electron chi connectivity index (χ2n) is 4.63. The third-order valence-corrected chi connectivity index (χ3v) is 3.22. The molecule has 0 radical (unpaired) electrons. The Morgan fingerprint density at radius 1 is 1.32 bits per heavy atom. The monoisotopic (exact) mass is 258 g/mol. The fourth-order valence-electron chi connectivity index (χ4n) is 2.29. The second kappa shape index (κ2) is 5.40. The largest absolute Gasteiger partial charge is 0.475 e. The molecule has 2 N–H and O–H groups in total. The zero-order valence-electron chi connectivity index (χ0n) is 11.0. The molecule has 0 bridgehead atoms. The van der Waals surface area contributed by atoms with Crippen molar-refractivity contribution in [3.05, 3.63) is 24.3 Å². The van der Waals surface area contributed by atoms with Gasteiger partial charge in [-0.2, -0.15) is 0 Å². The summed E-state index contributed by atoms with van der Waals surface area (Å²) in [6.45, 7) is 4.55. The summed E-state index contributed by atoms with van der Waals surface area (Å²) in [4.78, 5) is 9.17. The molecule has 3 rings (SSSR count). The summed E-state index contributed by atoms with van der Waals surface area (Å²) < 4.78 is 5.60. The van der Waals surface area contributed by atoms with Crippen molar-refractivity contribution in [3.8, 4) is 5.88 Å². The first-order valence-corrected chi connectivity index (χ1v) is 6.73. The minimum absolute atomic E-state index is 0.398. The van der Waals surface area contributed by atoms with Crippen LogP contribution in [0.4, 0.5) is 5.82 Å². The smallest absolute Gasteiger partial charge is 0.258 e. The summed E-state index contributed by atoms with van der Waals surface area (Å²) in [5.41, 5.74) is 1.75. The van der Waals surface area contributed by atoms with Crippen molar-refractivity contribution in [2.75, 3.05) is 25.0 Å². The molecule has 1 aliphatic rings. The highest BCUT2D eigenvalue weighted by Gasteiger charge is 2.18. The average Bonchev–Trinajstić information content (AvgIpc) is 2.93. The summed E-state index contributed by atoms with van der Waals surface area (Å²) in [6, 6.07) is 8.25. The number of rotatable bonds is 4. The highest BCUT2D eigenvalue weighted by atomic mass is 16.5. The molecular formula is C14H18N4O. The van der Waals surface area contributed by atoms with Crippen LogP contribution in [0.1, 0.15) is 13.3 Å². The van der Waals surface area contributed by atoms with E-state index in [0.717, 1.165) is 36.4 Å². The summed E-state index contributed by atoms with van der Waals surface area (Å²) in [6.07, 6.45) is 1.10. The quantitative estimate of drug-likeness (QED) is 0.875. The molecule has 100 valence electrons. The van der Waals surface area contributed by atoms with E-state index in [4.69, 9.17) is 4.74 Å². The van der Waals surface area contributed by atoms with Gasteiger partial charge < -0.3 is 15.4 Å². The SMILES string of the molecule is CCOc1nc2ccccc2nc1NC1CCNC1. The van der Waals surface area contributed by atoms with Gasteiger partial charge in [-0.25, -0.2) is 9.97 Å². The van der Waals surface area contributed by atoms with E-state index in [1.165, 1.54) is 0 Å². The van der Waals surface area contributed by atoms with Crippen LogP contribution in [0.15, 0.2) is 24.3 Å². The first-order chi connectivity index (χ1) is 9.36. The number of nitrogens with one attached hydrogen (secondary N) is 2. The van der Waals surface area contributed by atoms with Crippen LogP contribution in [0.2, 0.25) is 0 Å². The molecule has 1 saturated heterocycles. The molecule has 0 spiro atoms. The zero-order valence-corrected chi connectivity index (χ0v) is 11.0. The minimum atomic E-state index is 0.398. The zero-order chi connectivity index (χ0) is 13.1. The van der Waals surface area contributed by atoms with Crippen molar-refractivity contribution < 1.29 is 4.74 Å². The lowest BCUT2D eigenvalue weighted by molar-refractivity contribution is 0.328. The van der Waals surface area contributed by atoms with Crippen molar-refractivity contribution in [3.63, 3.8) is 0 Å². The number of ether oxygens (including phenoxy) is 1. The lowest BCUT2D eigenvalue weighted by Crippen LogP contribution is -2.23. The molecule has 1 unspecified atom stereocenters. The number of aromatic nitrogens is 2. The second-order valence-corrected chi connectivity index (χ2v) is 4.63. The Morgan fingerprint density at radius 2 is 2.11 bits per heavy atom. The molecule has 5 heteroatoms. The minimum Gasteiger partial charge on any atom is -0.475 e. The van der Waals surface area contributed by atoms with Crippen molar-refractivity contribution >= 4 is 16.9 Å². The summed E-state index contributed by atoms with van der Waals surface area (Å²) in [7, 11) is 0. The summed E-state index contributed by atoms with van der Waals surface area (Å²) >= 11 is 0. The van der Waals surface area contributed by atoms with Crippen LogP contribution in [0, 0.1) is 0 Å². The Hall–Kier alpha value is -1.88. The van der Waals surface area contributed by atoms with Gasteiger partial charge >= 0.3 is 0 Å². The van der Waals surface area contributed by atoms with Gasteiger partial charge in [-0.15, -0.1) is 0 Å². The van der Waals surface area contributed by atoms with E-state index < -0.39 is 0 Å². The van der Waals surface area contributed by atoms with E-state index in [0.29, 0.717) is 18.5 Å². The Bertz CT molecular complexity index is 566. The number of para-hydroxylation sites is 2. The highest BCUT2D eigenvalue weighted by molar-refractivity contribution is 5.77. The Labute approximate surface area is 112 Å². The molecule has 1 aromatic heterocycles. The Morgan fingerprint density at radius 3 is 2.79 bits per heavy atom. The van der Waals surface area contributed by atoms with Crippen LogP contribution in [0.5, 0.6) is 5.88 Å². The molecule has 5 nitrogen and oxygen atoms in total. The molecule has 19 heavy (non-hydrogen) atoms. The van der Waals surface area contributed by atoms with Crippen LogP contribution in [-0.2, 0) is 0 Å². The Kier molecular flexibility index (Phi) is 3.46. The predicted octanol–water partition coefficient (Wildman–Crippen LogP) is 1.80. The molecule has 2 heterocycles. The number of benzene rings is 1. The van der Waals surface area contributed by atoms with Gasteiger partial charge in [0.05, 0.1) is 17.6 Å². The van der Waals surface area contributed by atoms with Crippen LogP contribution in [0.25, 0.3) is 11.0 Å². The van der Waals surface area contributed by atoms with Gasteiger partial charge in [0.1, 0.15) is 0 Å². The summed E-state index contributed by atoms with van der Waals surface area (Å²) in [5.74, 6) is 1.34. The van der Waals surface area contributed by atoms with Crippen molar-refractivity contribution in [1.29, 1.82) is 0 Å². The highest BCUT2D eigenvalue weighted by Crippen LogP contribution is 2.24. The average molecular weight is 258 g/mol. The van der Waals surface area contributed by atoms with E-state index in [1.54, 1.807) is 0 Å². The first kappa shape index (κ1) is 12.2. The number of fused-ring (bicyclic) bond motifs is 1. The molecule has 1 atom stereocenters. The van der Waals surface area contributed by atoms with Gasteiger partial charge in [-0.1, -0.05) is 12.1 Å². The van der Waals surface area contributed by atoms with E-state index in [9.17, 15) is 0 Å². The molecule has 0 amide bonds. The van der Waals surface area contributed by atoms with Crippen LogP contribution >= 0.6 is 0 Å². The fourth-order valence-corrected chi connectivity index (χ4v) is 2.29. The van der Waals surface area contributed by atoms with Gasteiger partial charge in [-0.05, 0) is 32.0 Å². The van der Waals surface area contributed by atoms with E-state index >= 15 is 0 Å². The van der Waals surface area contributed by atoms with Gasteiger partial charge in [0, 0.05) is 12.6 Å². The van der Waals surface area contributed by atoms with Gasteiger partial charge in [-0.3, -0.25) is 0 Å². The maximum atomic E-state index is 5.60. The predicted molar refractivity (Wildman–Crippen MR) is 75.6 cm³/mol. The number of hydrogen-bond acceptors (Lipinski definition) is 5. The fraction of sp³-hybridized carbons (Fsp3) is 0.429. The lowest BCUT2D eigenvalue weighted by Gasteiger charge is -2.15. The van der Waals surface area contributed by atoms with Gasteiger partial charge in [0.25, 0.3) is 5.88 Å². The van der Waals surface area contributed by atoms with Gasteiger partial charge in [0.2, 0.25) is 0 Å². The van der Waals surface area contributed by atoms with Crippen LogP contribution < -0.4 is 15.4 Å². The van der Waals surface area contributed by atoms with Crippen molar-refractivity contribution in [1.82, 2.24) is 15.3 Å². The number of nitrogens with zero attached hydrogens (tertiary/aromatic N) is 2. The van der Waals surface area contributed by atoms with Gasteiger partial charge in [0.15, 0.2) is 5.82 Å². The molecule has 0 aliphatic carbocycles. The summed E-state index contributed by atoms with van der Waals surface area (Å²) in [5, 5.41) is 6.76. The van der Waals surface area contributed by atoms with Crippen molar-refractivity contribution in [2.24, 2.45) is 0 Å². The molecule has 0 saturated carbocycles. The first-order valence-electron chi connectivity index (χ1n) is 6.73. The Balaban J connectivity index is 1.96. The van der Waals surface area contributed by atoms with E-state index in [2.05, 4.69) is 20.6 Å². The number of hydrogen-bond donors (Lipinski definition) is 2. The maximum Gasteiger partial charge on any atom is 0.258 e. The number of anilines is 1. The van der Waals surface area contributed by atoms with Crippen molar-refractivity contribution in [2.45, 2.75) is 19.4 Å².